The van der Waals surface area contributed by atoms with Crippen LogP contribution in [0.15, 0.2) is 0 Å². The zero-order valence-electron chi connectivity index (χ0n) is 6.61. The molecule has 0 aliphatic carbocycles. The van der Waals surface area contributed by atoms with Gasteiger partial charge in [-0.15, -0.1) is 0 Å². The standard InChI is InChI=1S/C8H15NO2/c10-7-4-6-2-1-3-9(6)5-8(7)11/h6-8,10-11H,1-5H2/t6-,7-,8-/m1/s1. The van der Waals surface area contributed by atoms with E-state index in [0.29, 0.717) is 12.6 Å². The molecule has 2 aliphatic heterocycles. The van der Waals surface area contributed by atoms with E-state index in [1.54, 1.807) is 0 Å². The Morgan fingerprint density at radius 1 is 1.18 bits per heavy atom. The number of fused-ring (bicyclic) bond motifs is 1. The van der Waals surface area contributed by atoms with Crippen LogP contribution < -0.4 is 0 Å². The van der Waals surface area contributed by atoms with Gasteiger partial charge in [-0.1, -0.05) is 0 Å². The first-order valence-corrected chi connectivity index (χ1v) is 4.37. The van der Waals surface area contributed by atoms with Crippen LogP contribution in [0.4, 0.5) is 0 Å². The van der Waals surface area contributed by atoms with E-state index in [0.717, 1.165) is 13.0 Å². The molecule has 0 radical (unpaired) electrons. The Bertz CT molecular complexity index is 135. The highest BCUT2D eigenvalue weighted by Gasteiger charge is 2.35. The quantitative estimate of drug-likeness (QED) is 0.502. The third kappa shape index (κ3) is 1.28. The normalized spacial score (nSPS) is 45.8. The van der Waals surface area contributed by atoms with E-state index in [9.17, 15) is 10.2 Å². The zero-order valence-corrected chi connectivity index (χ0v) is 6.61. The number of hydrogen-bond donors (Lipinski definition) is 2. The van der Waals surface area contributed by atoms with Gasteiger partial charge in [0.05, 0.1) is 12.2 Å². The summed E-state index contributed by atoms with van der Waals surface area (Å²) in [6.45, 7) is 1.78. The summed E-state index contributed by atoms with van der Waals surface area (Å²) in [5, 5.41) is 18.7. The van der Waals surface area contributed by atoms with Crippen LogP contribution in [0.5, 0.6) is 0 Å². The van der Waals surface area contributed by atoms with Crippen molar-refractivity contribution in [3.63, 3.8) is 0 Å². The molecule has 2 N–H and O–H groups in total. The van der Waals surface area contributed by atoms with Crippen molar-refractivity contribution in [3.8, 4) is 0 Å². The summed E-state index contributed by atoms with van der Waals surface area (Å²) in [5.41, 5.74) is 0. The maximum Gasteiger partial charge on any atom is 0.0926 e. The highest BCUT2D eigenvalue weighted by atomic mass is 16.3. The van der Waals surface area contributed by atoms with Crippen LogP contribution in [0.25, 0.3) is 0 Å². The minimum Gasteiger partial charge on any atom is -0.390 e. The highest BCUT2D eigenvalue weighted by molar-refractivity contribution is 4.90. The van der Waals surface area contributed by atoms with Gasteiger partial charge < -0.3 is 10.2 Å². The molecule has 0 amide bonds. The SMILES string of the molecule is O[C@@H]1C[C@H]2CCCN2C[C@H]1O. The molecule has 11 heavy (non-hydrogen) atoms. The number of aliphatic hydroxyl groups is 2. The Morgan fingerprint density at radius 2 is 2.00 bits per heavy atom. The second-order valence-electron chi connectivity index (χ2n) is 3.66. The molecule has 0 spiro atoms. The van der Waals surface area contributed by atoms with Gasteiger partial charge in [-0.2, -0.15) is 0 Å². The van der Waals surface area contributed by atoms with Crippen LogP contribution in [-0.4, -0.2) is 46.5 Å². The molecule has 2 fully saturated rings. The van der Waals surface area contributed by atoms with Crippen molar-refractivity contribution in [1.29, 1.82) is 0 Å². The van der Waals surface area contributed by atoms with Crippen molar-refractivity contribution in [3.05, 3.63) is 0 Å². The fourth-order valence-electron chi connectivity index (χ4n) is 2.20. The molecule has 2 aliphatic rings. The third-order valence-electron chi connectivity index (χ3n) is 2.88. The average molecular weight is 157 g/mol. The number of aliphatic hydroxyl groups excluding tert-OH is 2. The largest absolute Gasteiger partial charge is 0.390 e. The molecule has 3 nitrogen and oxygen atoms in total. The van der Waals surface area contributed by atoms with E-state index in [2.05, 4.69) is 4.90 Å². The molecule has 64 valence electrons. The summed E-state index contributed by atoms with van der Waals surface area (Å²) in [5.74, 6) is 0. The molecule has 0 saturated carbocycles. The van der Waals surface area contributed by atoms with Gasteiger partial charge in [0.15, 0.2) is 0 Å². The molecule has 0 aromatic carbocycles. The molecular formula is C8H15NO2. The van der Waals surface area contributed by atoms with Crippen molar-refractivity contribution in [2.45, 2.75) is 37.5 Å². The first-order chi connectivity index (χ1) is 5.27. The second-order valence-corrected chi connectivity index (χ2v) is 3.66. The van der Waals surface area contributed by atoms with Gasteiger partial charge in [0.2, 0.25) is 0 Å². The van der Waals surface area contributed by atoms with Crippen molar-refractivity contribution in [2.75, 3.05) is 13.1 Å². The van der Waals surface area contributed by atoms with Gasteiger partial charge in [0.1, 0.15) is 0 Å². The monoisotopic (exact) mass is 157 g/mol. The number of rotatable bonds is 0. The molecule has 0 unspecified atom stereocenters. The number of nitrogens with zero attached hydrogens (tertiary/aromatic N) is 1. The van der Waals surface area contributed by atoms with Crippen molar-refractivity contribution < 1.29 is 10.2 Å². The van der Waals surface area contributed by atoms with Crippen LogP contribution in [0.3, 0.4) is 0 Å². The number of piperidine rings is 1. The van der Waals surface area contributed by atoms with Crippen LogP contribution in [0.2, 0.25) is 0 Å². The van der Waals surface area contributed by atoms with Gasteiger partial charge in [-0.05, 0) is 25.8 Å². The lowest BCUT2D eigenvalue weighted by Gasteiger charge is -2.35. The van der Waals surface area contributed by atoms with Crippen molar-refractivity contribution in [2.24, 2.45) is 0 Å². The van der Waals surface area contributed by atoms with E-state index in [4.69, 9.17) is 0 Å². The Labute approximate surface area is 66.6 Å². The maximum atomic E-state index is 9.35. The van der Waals surface area contributed by atoms with E-state index >= 15 is 0 Å². The van der Waals surface area contributed by atoms with Crippen LogP contribution in [-0.2, 0) is 0 Å². The molecular weight excluding hydrogens is 142 g/mol. The Balaban J connectivity index is 2.00. The maximum absolute atomic E-state index is 9.35. The molecule has 0 bridgehead atoms. The van der Waals surface area contributed by atoms with E-state index in [-0.39, 0.29) is 0 Å². The minimum absolute atomic E-state index is 0.477. The second kappa shape index (κ2) is 2.73. The lowest BCUT2D eigenvalue weighted by Crippen LogP contribution is -2.49. The summed E-state index contributed by atoms with van der Waals surface area (Å²) < 4.78 is 0. The average Bonchev–Trinajstić information content (AvgIpc) is 2.36. The van der Waals surface area contributed by atoms with Crippen molar-refractivity contribution in [1.82, 2.24) is 4.90 Å². The Kier molecular flexibility index (Phi) is 1.87. The van der Waals surface area contributed by atoms with Crippen molar-refractivity contribution >= 4 is 0 Å². The van der Waals surface area contributed by atoms with E-state index in [1.165, 1.54) is 12.8 Å². The van der Waals surface area contributed by atoms with Crippen LogP contribution in [0.1, 0.15) is 19.3 Å². The summed E-state index contributed by atoms with van der Waals surface area (Å²) in [4.78, 5) is 2.29. The smallest absolute Gasteiger partial charge is 0.0926 e. The molecule has 2 saturated heterocycles. The first kappa shape index (κ1) is 7.53. The summed E-state index contributed by atoms with van der Waals surface area (Å²) in [6.07, 6.45) is 2.20. The van der Waals surface area contributed by atoms with Gasteiger partial charge in [-0.3, -0.25) is 4.90 Å². The molecule has 3 heteroatoms. The van der Waals surface area contributed by atoms with Gasteiger partial charge in [0.25, 0.3) is 0 Å². The lowest BCUT2D eigenvalue weighted by molar-refractivity contribution is -0.0501. The summed E-state index contributed by atoms with van der Waals surface area (Å²) in [7, 11) is 0. The molecule has 0 aromatic heterocycles. The molecule has 0 aromatic rings. The van der Waals surface area contributed by atoms with Gasteiger partial charge >= 0.3 is 0 Å². The van der Waals surface area contributed by atoms with Gasteiger partial charge in [0, 0.05) is 12.6 Å². The minimum atomic E-state index is -0.510. The predicted molar refractivity (Wildman–Crippen MR) is 41.2 cm³/mol. The van der Waals surface area contributed by atoms with Gasteiger partial charge in [-0.25, -0.2) is 0 Å². The lowest BCUT2D eigenvalue weighted by atomic mass is 9.98. The number of hydrogen-bond acceptors (Lipinski definition) is 3. The molecule has 2 heterocycles. The Hall–Kier alpha value is -0.120. The molecule has 2 rings (SSSR count). The fourth-order valence-corrected chi connectivity index (χ4v) is 2.20. The zero-order chi connectivity index (χ0) is 7.84. The predicted octanol–water partition coefficient (Wildman–Crippen LogP) is -0.424. The van der Waals surface area contributed by atoms with Crippen LogP contribution >= 0.6 is 0 Å². The third-order valence-corrected chi connectivity index (χ3v) is 2.88. The van der Waals surface area contributed by atoms with E-state index < -0.39 is 12.2 Å². The Morgan fingerprint density at radius 3 is 2.82 bits per heavy atom. The highest BCUT2D eigenvalue weighted by Crippen LogP contribution is 2.26. The fraction of sp³-hybridized carbons (Fsp3) is 1.00. The summed E-state index contributed by atoms with van der Waals surface area (Å²) >= 11 is 0. The van der Waals surface area contributed by atoms with E-state index in [1.807, 2.05) is 0 Å². The first-order valence-electron chi connectivity index (χ1n) is 4.37. The van der Waals surface area contributed by atoms with Crippen LogP contribution in [0, 0.1) is 0 Å². The summed E-state index contributed by atoms with van der Waals surface area (Å²) in [6, 6.07) is 0.549. The molecule has 3 atom stereocenters. The topological polar surface area (TPSA) is 43.7 Å².